The third kappa shape index (κ3) is 5.72. The van der Waals surface area contributed by atoms with Crippen LogP contribution in [0.5, 0.6) is 0 Å². The summed E-state index contributed by atoms with van der Waals surface area (Å²) in [5.74, 6) is 0. The summed E-state index contributed by atoms with van der Waals surface area (Å²) in [5.41, 5.74) is 1.98. The fraction of sp³-hybridized carbons (Fsp3) is 0.500. The van der Waals surface area contributed by atoms with Gasteiger partial charge in [0, 0.05) is 32.0 Å². The van der Waals surface area contributed by atoms with E-state index >= 15 is 0 Å². The molecule has 0 aliphatic carbocycles. The van der Waals surface area contributed by atoms with Gasteiger partial charge in [-0.1, -0.05) is 12.1 Å². The zero-order valence-electron chi connectivity index (χ0n) is 11.8. The molecule has 1 unspecified atom stereocenters. The Kier molecular flexibility index (Phi) is 6.92. The minimum absolute atomic E-state index is 0.189. The Hall–Kier alpha value is -1.59. The van der Waals surface area contributed by atoms with Crippen LogP contribution in [-0.2, 0) is 4.74 Å². The van der Waals surface area contributed by atoms with E-state index in [0.29, 0.717) is 19.2 Å². The third-order valence-electron chi connectivity index (χ3n) is 2.91. The number of urea groups is 1. The van der Waals surface area contributed by atoms with Gasteiger partial charge in [-0.25, -0.2) is 4.79 Å². The molecule has 1 atom stereocenters. The molecule has 0 spiro atoms. The van der Waals surface area contributed by atoms with Crippen LogP contribution in [0, 0.1) is 0 Å². The molecule has 1 aromatic rings. The Balaban J connectivity index is 2.38. The monoisotopic (exact) mass is 265 g/mol. The molecule has 0 aromatic heterocycles. The summed E-state index contributed by atoms with van der Waals surface area (Å²) in [4.78, 5) is 11.6. The van der Waals surface area contributed by atoms with Gasteiger partial charge in [0.2, 0.25) is 0 Å². The van der Waals surface area contributed by atoms with Crippen molar-refractivity contribution in [2.45, 2.75) is 19.4 Å². The fourth-order valence-electron chi connectivity index (χ4n) is 1.62. The van der Waals surface area contributed by atoms with E-state index in [0.717, 1.165) is 12.1 Å². The highest BCUT2D eigenvalue weighted by Gasteiger charge is 2.04. The standard InChI is InChI=1S/C14H23N3O2/c1-11(15-2)12-5-7-13(8-6-12)17-14(18)16-9-4-10-19-3/h5-8,11,15H,4,9-10H2,1-3H3,(H2,16,17,18). The topological polar surface area (TPSA) is 62.4 Å². The number of anilines is 1. The second-order valence-electron chi connectivity index (χ2n) is 4.36. The largest absolute Gasteiger partial charge is 0.385 e. The maximum atomic E-state index is 11.6. The molecule has 2 amide bonds. The highest BCUT2D eigenvalue weighted by atomic mass is 16.5. The minimum Gasteiger partial charge on any atom is -0.385 e. The zero-order chi connectivity index (χ0) is 14.1. The van der Waals surface area contributed by atoms with Gasteiger partial charge in [0.1, 0.15) is 0 Å². The van der Waals surface area contributed by atoms with Gasteiger partial charge in [-0.15, -0.1) is 0 Å². The lowest BCUT2D eigenvalue weighted by Gasteiger charge is -2.12. The van der Waals surface area contributed by atoms with Crippen LogP contribution < -0.4 is 16.0 Å². The molecule has 5 heteroatoms. The highest BCUT2D eigenvalue weighted by Crippen LogP contribution is 2.15. The van der Waals surface area contributed by atoms with Crippen molar-refractivity contribution < 1.29 is 9.53 Å². The lowest BCUT2D eigenvalue weighted by molar-refractivity contribution is 0.194. The molecule has 0 aliphatic heterocycles. The normalized spacial score (nSPS) is 11.9. The first-order valence-electron chi connectivity index (χ1n) is 6.48. The molecular formula is C14H23N3O2. The van der Waals surface area contributed by atoms with E-state index in [4.69, 9.17) is 4.74 Å². The summed E-state index contributed by atoms with van der Waals surface area (Å²) in [7, 11) is 3.57. The molecule has 0 saturated carbocycles. The molecule has 0 fully saturated rings. The smallest absolute Gasteiger partial charge is 0.319 e. The van der Waals surface area contributed by atoms with Crippen molar-refractivity contribution in [2.75, 3.05) is 32.6 Å². The van der Waals surface area contributed by atoms with E-state index in [9.17, 15) is 4.79 Å². The van der Waals surface area contributed by atoms with Gasteiger partial charge in [0.15, 0.2) is 0 Å². The van der Waals surface area contributed by atoms with Crippen LogP contribution in [0.4, 0.5) is 10.5 Å². The van der Waals surface area contributed by atoms with Crippen LogP contribution in [0.1, 0.15) is 24.9 Å². The van der Waals surface area contributed by atoms with Gasteiger partial charge in [-0.05, 0) is 38.1 Å². The first kappa shape index (κ1) is 15.5. The Labute approximate surface area is 114 Å². The van der Waals surface area contributed by atoms with Crippen LogP contribution in [0.15, 0.2) is 24.3 Å². The number of benzene rings is 1. The van der Waals surface area contributed by atoms with Gasteiger partial charge in [-0.3, -0.25) is 0 Å². The van der Waals surface area contributed by atoms with Gasteiger partial charge in [-0.2, -0.15) is 0 Å². The van der Waals surface area contributed by atoms with Crippen molar-refractivity contribution in [1.82, 2.24) is 10.6 Å². The molecule has 1 aromatic carbocycles. The predicted octanol–water partition coefficient (Wildman–Crippen LogP) is 2.12. The average Bonchev–Trinajstić information content (AvgIpc) is 2.43. The lowest BCUT2D eigenvalue weighted by Crippen LogP contribution is -2.30. The zero-order valence-corrected chi connectivity index (χ0v) is 11.8. The summed E-state index contributed by atoms with van der Waals surface area (Å²) in [6, 6.07) is 7.92. The van der Waals surface area contributed by atoms with Crippen molar-refractivity contribution in [3.8, 4) is 0 Å². The molecule has 0 aliphatic rings. The van der Waals surface area contributed by atoms with Crippen molar-refractivity contribution in [1.29, 1.82) is 0 Å². The van der Waals surface area contributed by atoms with E-state index in [1.165, 1.54) is 5.56 Å². The number of carbonyl (C=O) groups excluding carboxylic acids is 1. The van der Waals surface area contributed by atoms with E-state index in [2.05, 4.69) is 22.9 Å². The first-order valence-corrected chi connectivity index (χ1v) is 6.48. The minimum atomic E-state index is -0.189. The fourth-order valence-corrected chi connectivity index (χ4v) is 1.62. The molecule has 106 valence electrons. The maximum absolute atomic E-state index is 11.6. The molecule has 3 N–H and O–H groups in total. The SMILES string of the molecule is CNC(C)c1ccc(NC(=O)NCCCOC)cc1. The van der Waals surface area contributed by atoms with Crippen LogP contribution in [0.3, 0.4) is 0 Å². The number of methoxy groups -OCH3 is 1. The van der Waals surface area contributed by atoms with E-state index in [-0.39, 0.29) is 6.03 Å². The van der Waals surface area contributed by atoms with Crippen LogP contribution in [0.25, 0.3) is 0 Å². The van der Waals surface area contributed by atoms with Crippen molar-refractivity contribution >= 4 is 11.7 Å². The van der Waals surface area contributed by atoms with Crippen LogP contribution in [0.2, 0.25) is 0 Å². The molecule has 0 bridgehead atoms. The molecule has 19 heavy (non-hydrogen) atoms. The second-order valence-corrected chi connectivity index (χ2v) is 4.36. The number of rotatable bonds is 7. The lowest BCUT2D eigenvalue weighted by atomic mass is 10.1. The third-order valence-corrected chi connectivity index (χ3v) is 2.91. The van der Waals surface area contributed by atoms with E-state index in [1.807, 2.05) is 31.3 Å². The number of carbonyl (C=O) groups is 1. The Bertz CT molecular complexity index is 379. The van der Waals surface area contributed by atoms with E-state index < -0.39 is 0 Å². The number of nitrogens with one attached hydrogen (secondary N) is 3. The number of hydrogen-bond donors (Lipinski definition) is 3. The molecule has 0 radical (unpaired) electrons. The van der Waals surface area contributed by atoms with Crippen molar-refractivity contribution in [3.63, 3.8) is 0 Å². The molecule has 0 saturated heterocycles. The number of amides is 2. The second kappa shape index (κ2) is 8.50. The molecule has 5 nitrogen and oxygen atoms in total. The maximum Gasteiger partial charge on any atom is 0.319 e. The van der Waals surface area contributed by atoms with Crippen molar-refractivity contribution in [3.05, 3.63) is 29.8 Å². The van der Waals surface area contributed by atoms with Gasteiger partial charge in [0.25, 0.3) is 0 Å². The Morgan fingerprint density at radius 1 is 1.32 bits per heavy atom. The summed E-state index contributed by atoms with van der Waals surface area (Å²) in [6.07, 6.45) is 0.808. The van der Waals surface area contributed by atoms with Crippen LogP contribution >= 0.6 is 0 Å². The first-order chi connectivity index (χ1) is 9.17. The summed E-state index contributed by atoms with van der Waals surface area (Å²) in [6.45, 7) is 3.34. The Morgan fingerprint density at radius 3 is 2.58 bits per heavy atom. The molecule has 0 heterocycles. The summed E-state index contributed by atoms with van der Waals surface area (Å²) in [5, 5.41) is 8.73. The van der Waals surface area contributed by atoms with E-state index in [1.54, 1.807) is 7.11 Å². The Morgan fingerprint density at radius 2 is 2.00 bits per heavy atom. The van der Waals surface area contributed by atoms with Gasteiger partial charge < -0.3 is 20.7 Å². The highest BCUT2D eigenvalue weighted by molar-refractivity contribution is 5.89. The molecule has 1 rings (SSSR count). The summed E-state index contributed by atoms with van der Waals surface area (Å²) < 4.78 is 4.91. The summed E-state index contributed by atoms with van der Waals surface area (Å²) >= 11 is 0. The number of ether oxygens (including phenoxy) is 1. The number of hydrogen-bond acceptors (Lipinski definition) is 3. The average molecular weight is 265 g/mol. The molecular weight excluding hydrogens is 242 g/mol. The quantitative estimate of drug-likeness (QED) is 0.662. The van der Waals surface area contributed by atoms with Gasteiger partial charge >= 0.3 is 6.03 Å². The van der Waals surface area contributed by atoms with Crippen molar-refractivity contribution in [2.24, 2.45) is 0 Å². The van der Waals surface area contributed by atoms with Crippen LogP contribution in [-0.4, -0.2) is 33.3 Å². The predicted molar refractivity (Wildman–Crippen MR) is 77.4 cm³/mol. The van der Waals surface area contributed by atoms with Gasteiger partial charge in [0.05, 0.1) is 0 Å².